The van der Waals surface area contributed by atoms with E-state index in [-0.39, 0.29) is 5.56 Å². The van der Waals surface area contributed by atoms with Crippen LogP contribution in [0.3, 0.4) is 0 Å². The summed E-state index contributed by atoms with van der Waals surface area (Å²) in [5, 5.41) is 0. The third-order valence-electron chi connectivity index (χ3n) is 2.06. The molecule has 5 heteroatoms. The molecule has 0 aromatic carbocycles. The average molecular weight is 236 g/mol. The fraction of sp³-hybridized carbons (Fsp3) is 0.273. The summed E-state index contributed by atoms with van der Waals surface area (Å²) >= 11 is 1.62. The number of nitrogens with zero attached hydrogens (tertiary/aromatic N) is 1. The molecule has 0 aliphatic heterocycles. The van der Waals surface area contributed by atoms with Crippen molar-refractivity contribution in [3.8, 4) is 10.6 Å². The standard InChI is InChI=1S/C11H12N2O2S/c1-7-3-4-9(16-7)8-5-11(14)13-10(12-8)6-15-2/h3-5H,6H2,1-2H3,(H,12,13,14). The van der Waals surface area contributed by atoms with Gasteiger partial charge in [0.25, 0.3) is 5.56 Å². The number of aryl methyl sites for hydroxylation is 1. The largest absolute Gasteiger partial charge is 0.377 e. The summed E-state index contributed by atoms with van der Waals surface area (Å²) in [4.78, 5) is 20.6. The third-order valence-corrected chi connectivity index (χ3v) is 3.09. The van der Waals surface area contributed by atoms with Gasteiger partial charge in [0, 0.05) is 18.1 Å². The van der Waals surface area contributed by atoms with E-state index in [1.54, 1.807) is 18.4 Å². The molecule has 0 spiro atoms. The summed E-state index contributed by atoms with van der Waals surface area (Å²) in [7, 11) is 1.57. The van der Waals surface area contributed by atoms with Crippen molar-refractivity contribution < 1.29 is 4.74 Å². The molecule has 0 bridgehead atoms. The van der Waals surface area contributed by atoms with Crippen LogP contribution < -0.4 is 5.56 Å². The lowest BCUT2D eigenvalue weighted by Gasteiger charge is -2.01. The topological polar surface area (TPSA) is 55.0 Å². The van der Waals surface area contributed by atoms with E-state index in [4.69, 9.17) is 4.74 Å². The lowest BCUT2D eigenvalue weighted by atomic mass is 10.3. The minimum Gasteiger partial charge on any atom is -0.377 e. The van der Waals surface area contributed by atoms with Gasteiger partial charge in [-0.3, -0.25) is 4.79 Å². The maximum absolute atomic E-state index is 11.4. The van der Waals surface area contributed by atoms with Crippen molar-refractivity contribution in [1.82, 2.24) is 9.97 Å². The maximum Gasteiger partial charge on any atom is 0.251 e. The number of H-pyrrole nitrogens is 1. The monoisotopic (exact) mass is 236 g/mol. The van der Waals surface area contributed by atoms with Crippen LogP contribution in [0.25, 0.3) is 10.6 Å². The van der Waals surface area contributed by atoms with Crippen LogP contribution in [0.2, 0.25) is 0 Å². The van der Waals surface area contributed by atoms with Crippen molar-refractivity contribution in [2.24, 2.45) is 0 Å². The quantitative estimate of drug-likeness (QED) is 0.886. The zero-order chi connectivity index (χ0) is 11.5. The van der Waals surface area contributed by atoms with E-state index in [2.05, 4.69) is 9.97 Å². The van der Waals surface area contributed by atoms with Gasteiger partial charge in [0.1, 0.15) is 12.4 Å². The Morgan fingerprint density at radius 3 is 2.94 bits per heavy atom. The maximum atomic E-state index is 11.4. The van der Waals surface area contributed by atoms with Gasteiger partial charge in [-0.2, -0.15) is 0 Å². The molecule has 0 fully saturated rings. The predicted molar refractivity (Wildman–Crippen MR) is 63.6 cm³/mol. The second-order valence-electron chi connectivity index (χ2n) is 3.42. The molecule has 0 atom stereocenters. The SMILES string of the molecule is COCc1nc(-c2ccc(C)s2)cc(=O)[nH]1. The van der Waals surface area contributed by atoms with Gasteiger partial charge in [-0.05, 0) is 19.1 Å². The van der Waals surface area contributed by atoms with Crippen molar-refractivity contribution in [1.29, 1.82) is 0 Å². The molecule has 0 unspecified atom stereocenters. The van der Waals surface area contributed by atoms with Crippen LogP contribution in [-0.2, 0) is 11.3 Å². The lowest BCUT2D eigenvalue weighted by Crippen LogP contribution is -2.11. The zero-order valence-electron chi connectivity index (χ0n) is 9.11. The number of thiophene rings is 1. The number of aromatic nitrogens is 2. The molecule has 0 aliphatic carbocycles. The Kier molecular flexibility index (Phi) is 3.17. The summed E-state index contributed by atoms with van der Waals surface area (Å²) in [6, 6.07) is 5.49. The highest BCUT2D eigenvalue weighted by molar-refractivity contribution is 7.15. The lowest BCUT2D eigenvalue weighted by molar-refractivity contribution is 0.177. The van der Waals surface area contributed by atoms with Gasteiger partial charge in [-0.1, -0.05) is 0 Å². The number of methoxy groups -OCH3 is 1. The van der Waals surface area contributed by atoms with Crippen molar-refractivity contribution in [2.75, 3.05) is 7.11 Å². The Labute approximate surface area is 96.9 Å². The number of rotatable bonds is 3. The van der Waals surface area contributed by atoms with Crippen LogP contribution >= 0.6 is 11.3 Å². The molecular weight excluding hydrogens is 224 g/mol. The molecular formula is C11H12N2O2S. The van der Waals surface area contributed by atoms with E-state index >= 15 is 0 Å². The van der Waals surface area contributed by atoms with Crippen LogP contribution in [0.15, 0.2) is 23.0 Å². The van der Waals surface area contributed by atoms with Crippen LogP contribution in [-0.4, -0.2) is 17.1 Å². The van der Waals surface area contributed by atoms with Crippen LogP contribution in [0.4, 0.5) is 0 Å². The third kappa shape index (κ3) is 2.37. The molecule has 84 valence electrons. The summed E-state index contributed by atoms with van der Waals surface area (Å²) < 4.78 is 4.95. The van der Waals surface area contributed by atoms with E-state index in [1.165, 1.54) is 10.9 Å². The molecule has 0 saturated carbocycles. The molecule has 2 aromatic rings. The first-order valence-corrected chi connectivity index (χ1v) is 5.66. The van der Waals surface area contributed by atoms with Crippen LogP contribution in [0.5, 0.6) is 0 Å². The van der Waals surface area contributed by atoms with Gasteiger partial charge >= 0.3 is 0 Å². The summed E-state index contributed by atoms with van der Waals surface area (Å²) in [5.41, 5.74) is 0.553. The van der Waals surface area contributed by atoms with Crippen molar-refractivity contribution in [3.05, 3.63) is 39.3 Å². The molecule has 1 N–H and O–H groups in total. The average Bonchev–Trinajstić information content (AvgIpc) is 2.64. The molecule has 16 heavy (non-hydrogen) atoms. The smallest absolute Gasteiger partial charge is 0.251 e. The molecule has 2 rings (SSSR count). The van der Waals surface area contributed by atoms with Gasteiger partial charge in [-0.25, -0.2) is 4.98 Å². The first-order valence-electron chi connectivity index (χ1n) is 4.85. The van der Waals surface area contributed by atoms with Crippen molar-refractivity contribution >= 4 is 11.3 Å². The normalized spacial score (nSPS) is 10.6. The Morgan fingerprint density at radius 1 is 1.50 bits per heavy atom. The Bertz CT molecular complexity index is 545. The Morgan fingerprint density at radius 2 is 2.31 bits per heavy atom. The summed E-state index contributed by atoms with van der Waals surface area (Å²) in [6.45, 7) is 2.34. The van der Waals surface area contributed by atoms with Crippen LogP contribution in [0.1, 0.15) is 10.7 Å². The number of nitrogens with one attached hydrogen (secondary N) is 1. The van der Waals surface area contributed by atoms with Crippen molar-refractivity contribution in [2.45, 2.75) is 13.5 Å². The van der Waals surface area contributed by atoms with Gasteiger partial charge in [0.05, 0.1) is 10.6 Å². The molecule has 0 saturated heterocycles. The predicted octanol–water partition coefficient (Wildman–Crippen LogP) is 1.95. The summed E-state index contributed by atoms with van der Waals surface area (Å²) in [5.74, 6) is 0.552. The van der Waals surface area contributed by atoms with Gasteiger partial charge in [-0.15, -0.1) is 11.3 Å². The van der Waals surface area contributed by atoms with E-state index < -0.39 is 0 Å². The van der Waals surface area contributed by atoms with Gasteiger partial charge in [0.15, 0.2) is 0 Å². The Hall–Kier alpha value is -1.46. The van der Waals surface area contributed by atoms with E-state index in [9.17, 15) is 4.79 Å². The second kappa shape index (κ2) is 4.59. The van der Waals surface area contributed by atoms with Gasteiger partial charge in [0.2, 0.25) is 0 Å². The number of ether oxygens (including phenoxy) is 1. The molecule has 0 aliphatic rings. The van der Waals surface area contributed by atoms with E-state index in [1.807, 2.05) is 19.1 Å². The second-order valence-corrected chi connectivity index (χ2v) is 4.71. The highest BCUT2D eigenvalue weighted by atomic mass is 32.1. The zero-order valence-corrected chi connectivity index (χ0v) is 9.93. The number of aromatic amines is 1. The molecule has 2 heterocycles. The minimum absolute atomic E-state index is 0.150. The molecule has 0 amide bonds. The Balaban J connectivity index is 2.44. The molecule has 2 aromatic heterocycles. The highest BCUT2D eigenvalue weighted by Crippen LogP contribution is 2.24. The van der Waals surface area contributed by atoms with E-state index in [0.29, 0.717) is 18.1 Å². The first-order chi connectivity index (χ1) is 7.69. The van der Waals surface area contributed by atoms with E-state index in [0.717, 1.165) is 4.88 Å². The number of hydrogen-bond acceptors (Lipinski definition) is 4. The summed E-state index contributed by atoms with van der Waals surface area (Å²) in [6.07, 6.45) is 0. The van der Waals surface area contributed by atoms with Crippen molar-refractivity contribution in [3.63, 3.8) is 0 Å². The first kappa shape index (κ1) is 11.0. The fourth-order valence-electron chi connectivity index (χ4n) is 1.41. The van der Waals surface area contributed by atoms with Gasteiger partial charge < -0.3 is 9.72 Å². The minimum atomic E-state index is -0.150. The fourth-order valence-corrected chi connectivity index (χ4v) is 2.24. The van der Waals surface area contributed by atoms with Crippen LogP contribution in [0, 0.1) is 6.92 Å². The highest BCUT2D eigenvalue weighted by Gasteiger charge is 2.05. The number of hydrogen-bond donors (Lipinski definition) is 1. The molecule has 4 nitrogen and oxygen atoms in total. The molecule has 0 radical (unpaired) electrons.